The normalized spacial score (nSPS) is 11.4. The average molecular weight is 401 g/mol. The average Bonchev–Trinajstić information content (AvgIpc) is 2.60. The molecule has 0 bridgehead atoms. The van der Waals surface area contributed by atoms with Crippen LogP contribution in [0.3, 0.4) is 0 Å². The first-order valence-electron chi connectivity index (χ1n) is 9.02. The molecule has 2 aromatic rings. The third-order valence-corrected chi connectivity index (χ3v) is 4.85. The van der Waals surface area contributed by atoms with Crippen LogP contribution < -0.4 is 21.3 Å². The fourth-order valence-corrected chi connectivity index (χ4v) is 3.34. The number of rotatable bonds is 5. The summed E-state index contributed by atoms with van der Waals surface area (Å²) in [6.07, 6.45) is 0. The number of nitrogens with one attached hydrogen (secondary N) is 4. The van der Waals surface area contributed by atoms with Crippen LogP contribution in [0.2, 0.25) is 0 Å². The molecule has 1 atom stereocenters. The van der Waals surface area contributed by atoms with Gasteiger partial charge in [-0.05, 0) is 81.3 Å². The Hall–Kier alpha value is -2.18. The van der Waals surface area contributed by atoms with E-state index in [1.54, 1.807) is 0 Å². The highest BCUT2D eigenvalue weighted by atomic mass is 32.1. The predicted molar refractivity (Wildman–Crippen MR) is 125 cm³/mol. The van der Waals surface area contributed by atoms with Crippen molar-refractivity contribution in [1.82, 2.24) is 10.6 Å². The van der Waals surface area contributed by atoms with Crippen molar-refractivity contribution in [1.29, 1.82) is 0 Å². The Kier molecular flexibility index (Phi) is 7.56. The van der Waals surface area contributed by atoms with E-state index >= 15 is 0 Å². The molecular weight excluding hydrogens is 372 g/mol. The summed E-state index contributed by atoms with van der Waals surface area (Å²) >= 11 is 10.9. The lowest BCUT2D eigenvalue weighted by Gasteiger charge is -2.21. The maximum Gasteiger partial charge on any atom is 0.171 e. The predicted octanol–water partition coefficient (Wildman–Crippen LogP) is 4.58. The van der Waals surface area contributed by atoms with Gasteiger partial charge < -0.3 is 21.3 Å². The molecule has 0 aliphatic rings. The lowest BCUT2D eigenvalue weighted by Crippen LogP contribution is -2.44. The van der Waals surface area contributed by atoms with Crippen LogP contribution in [0.25, 0.3) is 0 Å². The Morgan fingerprint density at radius 3 is 1.63 bits per heavy atom. The van der Waals surface area contributed by atoms with Crippen LogP contribution >= 0.6 is 24.4 Å². The van der Waals surface area contributed by atoms with Gasteiger partial charge in [-0.3, -0.25) is 0 Å². The molecule has 4 N–H and O–H groups in total. The molecule has 0 aromatic heterocycles. The minimum atomic E-state index is 0.118. The van der Waals surface area contributed by atoms with Crippen LogP contribution in [-0.4, -0.2) is 22.8 Å². The molecule has 0 radical (unpaired) electrons. The van der Waals surface area contributed by atoms with Gasteiger partial charge in [0, 0.05) is 24.0 Å². The molecule has 0 fully saturated rings. The summed E-state index contributed by atoms with van der Waals surface area (Å²) < 4.78 is 0. The molecule has 27 heavy (non-hydrogen) atoms. The van der Waals surface area contributed by atoms with Gasteiger partial charge in [-0.1, -0.05) is 36.4 Å². The Bertz CT molecular complexity index is 792. The number of hydrogen-bond donors (Lipinski definition) is 4. The van der Waals surface area contributed by atoms with Crippen molar-refractivity contribution >= 4 is 46.0 Å². The van der Waals surface area contributed by atoms with E-state index in [0.717, 1.165) is 11.4 Å². The maximum absolute atomic E-state index is 5.45. The lowest BCUT2D eigenvalue weighted by atomic mass is 10.1. The molecule has 0 amide bonds. The van der Waals surface area contributed by atoms with Crippen LogP contribution in [0, 0.1) is 27.7 Å². The minimum absolute atomic E-state index is 0.118. The number of aryl methyl sites for hydroxylation is 4. The summed E-state index contributed by atoms with van der Waals surface area (Å²) in [4.78, 5) is 0. The van der Waals surface area contributed by atoms with E-state index in [1.807, 2.05) is 12.1 Å². The lowest BCUT2D eigenvalue weighted by molar-refractivity contribution is 0.645. The van der Waals surface area contributed by atoms with E-state index in [1.165, 1.54) is 22.3 Å². The molecule has 0 aliphatic heterocycles. The van der Waals surface area contributed by atoms with Gasteiger partial charge in [0.05, 0.1) is 0 Å². The molecule has 2 rings (SSSR count). The monoisotopic (exact) mass is 400 g/mol. The van der Waals surface area contributed by atoms with Crippen molar-refractivity contribution in [3.63, 3.8) is 0 Å². The quantitative estimate of drug-likeness (QED) is 0.551. The SMILES string of the molecule is Cc1cccc(C)c1NC(=S)NCC(C)NC(=S)Nc1c(C)cccc1C. The molecule has 0 saturated carbocycles. The highest BCUT2D eigenvalue weighted by Gasteiger charge is 2.09. The second-order valence-corrected chi connectivity index (χ2v) is 7.68. The van der Waals surface area contributed by atoms with Crippen molar-refractivity contribution in [2.75, 3.05) is 17.2 Å². The first-order chi connectivity index (χ1) is 12.8. The molecule has 0 saturated heterocycles. The van der Waals surface area contributed by atoms with Crippen LogP contribution in [0.15, 0.2) is 36.4 Å². The van der Waals surface area contributed by atoms with Crippen molar-refractivity contribution in [3.8, 4) is 0 Å². The van der Waals surface area contributed by atoms with E-state index in [0.29, 0.717) is 16.8 Å². The third kappa shape index (κ3) is 6.19. The molecule has 0 aliphatic carbocycles. The third-order valence-electron chi connectivity index (χ3n) is 4.39. The standard InChI is InChI=1S/C21H28N4S2/c1-13-8-6-9-14(2)18(13)24-20(26)22-12-17(5)23-21(27)25-19-15(3)10-7-11-16(19)4/h6-11,17H,12H2,1-5H3,(H2,22,24,26)(H2,23,25,27). The first kappa shape index (κ1) is 21.1. The summed E-state index contributed by atoms with van der Waals surface area (Å²) in [6, 6.07) is 12.5. The summed E-state index contributed by atoms with van der Waals surface area (Å²) in [7, 11) is 0. The van der Waals surface area contributed by atoms with E-state index in [-0.39, 0.29) is 6.04 Å². The Labute approximate surface area is 173 Å². The topological polar surface area (TPSA) is 48.1 Å². The molecule has 6 heteroatoms. The number of thiocarbonyl (C=S) groups is 2. The Morgan fingerprint density at radius 1 is 0.778 bits per heavy atom. The van der Waals surface area contributed by atoms with Crippen LogP contribution in [0.4, 0.5) is 11.4 Å². The molecule has 2 aromatic carbocycles. The second-order valence-electron chi connectivity index (χ2n) is 6.87. The minimum Gasteiger partial charge on any atom is -0.360 e. The summed E-state index contributed by atoms with van der Waals surface area (Å²) in [5.74, 6) is 0. The van der Waals surface area contributed by atoms with E-state index < -0.39 is 0 Å². The second kappa shape index (κ2) is 9.67. The van der Waals surface area contributed by atoms with Gasteiger partial charge in [0.25, 0.3) is 0 Å². The molecule has 1 unspecified atom stereocenters. The molecule has 0 heterocycles. The van der Waals surface area contributed by atoms with Crippen molar-refractivity contribution in [2.45, 2.75) is 40.7 Å². The summed E-state index contributed by atoms with van der Waals surface area (Å²) in [5, 5.41) is 14.3. The zero-order valence-electron chi connectivity index (χ0n) is 16.6. The van der Waals surface area contributed by atoms with Gasteiger partial charge >= 0.3 is 0 Å². The van der Waals surface area contributed by atoms with Crippen LogP contribution in [-0.2, 0) is 0 Å². The van der Waals surface area contributed by atoms with Crippen molar-refractivity contribution < 1.29 is 0 Å². The van der Waals surface area contributed by atoms with E-state index in [9.17, 15) is 0 Å². The summed E-state index contributed by atoms with van der Waals surface area (Å²) in [6.45, 7) is 11.0. The van der Waals surface area contributed by atoms with Gasteiger partial charge in [0.15, 0.2) is 10.2 Å². The highest BCUT2D eigenvalue weighted by molar-refractivity contribution is 7.80. The number of anilines is 2. The fourth-order valence-electron chi connectivity index (χ4n) is 2.85. The van der Waals surface area contributed by atoms with Gasteiger partial charge in [-0.25, -0.2) is 0 Å². The Balaban J connectivity index is 1.82. The van der Waals surface area contributed by atoms with Gasteiger partial charge in [0.2, 0.25) is 0 Å². The number of benzene rings is 2. The molecule has 144 valence electrons. The smallest absolute Gasteiger partial charge is 0.171 e. The Morgan fingerprint density at radius 2 is 1.19 bits per heavy atom. The zero-order chi connectivity index (χ0) is 20.0. The maximum atomic E-state index is 5.45. The van der Waals surface area contributed by atoms with Gasteiger partial charge in [-0.2, -0.15) is 0 Å². The number of para-hydroxylation sites is 2. The number of hydrogen-bond acceptors (Lipinski definition) is 2. The summed E-state index contributed by atoms with van der Waals surface area (Å²) in [5.41, 5.74) is 6.80. The van der Waals surface area contributed by atoms with Gasteiger partial charge in [-0.15, -0.1) is 0 Å². The first-order valence-corrected chi connectivity index (χ1v) is 9.84. The largest absolute Gasteiger partial charge is 0.360 e. The molecule has 4 nitrogen and oxygen atoms in total. The molecular formula is C21H28N4S2. The van der Waals surface area contributed by atoms with Crippen LogP contribution in [0.1, 0.15) is 29.2 Å². The van der Waals surface area contributed by atoms with E-state index in [4.69, 9.17) is 24.4 Å². The zero-order valence-corrected chi connectivity index (χ0v) is 18.2. The molecule has 0 spiro atoms. The fraction of sp³-hybridized carbons (Fsp3) is 0.333. The van der Waals surface area contributed by atoms with E-state index in [2.05, 4.69) is 80.2 Å². The van der Waals surface area contributed by atoms with Gasteiger partial charge in [0.1, 0.15) is 0 Å². The highest BCUT2D eigenvalue weighted by Crippen LogP contribution is 2.20. The van der Waals surface area contributed by atoms with Crippen LogP contribution in [0.5, 0.6) is 0 Å². The van der Waals surface area contributed by atoms with Crippen molar-refractivity contribution in [3.05, 3.63) is 58.7 Å². The van der Waals surface area contributed by atoms with Crippen molar-refractivity contribution in [2.24, 2.45) is 0 Å².